The van der Waals surface area contributed by atoms with Crippen LogP contribution in [0.5, 0.6) is 5.75 Å². The highest BCUT2D eigenvalue weighted by atomic mass is 16.5. The molecule has 2 atom stereocenters. The van der Waals surface area contributed by atoms with Crippen molar-refractivity contribution in [3.63, 3.8) is 0 Å². The lowest BCUT2D eigenvalue weighted by Crippen LogP contribution is -2.41. The molecule has 2 aromatic carbocycles. The first-order valence-corrected chi connectivity index (χ1v) is 9.02. The molecule has 2 aromatic rings. The van der Waals surface area contributed by atoms with Crippen molar-refractivity contribution in [1.82, 2.24) is 4.90 Å². The van der Waals surface area contributed by atoms with E-state index in [1.807, 2.05) is 0 Å². The van der Waals surface area contributed by atoms with Crippen molar-refractivity contribution in [2.45, 2.75) is 25.0 Å². The van der Waals surface area contributed by atoms with Crippen LogP contribution in [0.25, 0.3) is 10.8 Å². The van der Waals surface area contributed by atoms with Gasteiger partial charge in [-0.3, -0.25) is 0 Å². The number of amides is 1. The normalized spacial score (nSPS) is 19.3. The molecule has 7 nitrogen and oxygen atoms in total. The van der Waals surface area contributed by atoms with Crippen molar-refractivity contribution in [1.29, 1.82) is 0 Å². The molecule has 1 aliphatic heterocycles. The first-order chi connectivity index (χ1) is 13.5. The number of aliphatic hydroxyl groups excluding tert-OH is 1. The van der Waals surface area contributed by atoms with E-state index in [0.29, 0.717) is 40.7 Å². The second-order valence-electron chi connectivity index (χ2n) is 6.67. The summed E-state index contributed by atoms with van der Waals surface area (Å²) in [5, 5.41) is 21.1. The summed E-state index contributed by atoms with van der Waals surface area (Å²) < 4.78 is 10.5. The average Bonchev–Trinajstić information content (AvgIpc) is 2.70. The van der Waals surface area contributed by atoms with Crippen LogP contribution in [0.15, 0.2) is 43.0 Å². The zero-order chi connectivity index (χ0) is 20.3. The zero-order valence-electron chi connectivity index (χ0n) is 15.6. The highest BCUT2D eigenvalue weighted by Gasteiger charge is 2.33. The number of ether oxygens (including phenoxy) is 2. The molecule has 0 radical (unpaired) electrons. The summed E-state index contributed by atoms with van der Waals surface area (Å²) in [6.45, 7) is 4.19. The van der Waals surface area contributed by atoms with E-state index in [1.165, 1.54) is 12.0 Å². The van der Waals surface area contributed by atoms with Gasteiger partial charge < -0.3 is 24.6 Å². The van der Waals surface area contributed by atoms with Gasteiger partial charge in [-0.1, -0.05) is 18.7 Å². The third-order valence-corrected chi connectivity index (χ3v) is 4.97. The lowest BCUT2D eigenvalue weighted by molar-refractivity contribution is 0.0428. The maximum Gasteiger partial charge on any atom is 0.407 e. The number of rotatable bonds is 5. The molecule has 1 fully saturated rings. The van der Waals surface area contributed by atoms with Crippen LogP contribution < -0.4 is 4.74 Å². The van der Waals surface area contributed by atoms with Crippen molar-refractivity contribution in [3.05, 3.63) is 54.1 Å². The molecule has 28 heavy (non-hydrogen) atoms. The van der Waals surface area contributed by atoms with Gasteiger partial charge in [-0.25, -0.2) is 9.59 Å². The maximum absolute atomic E-state index is 12.2. The number of carbonyl (C=O) groups excluding carboxylic acids is 1. The van der Waals surface area contributed by atoms with E-state index < -0.39 is 24.2 Å². The Morgan fingerprint density at radius 2 is 2.07 bits per heavy atom. The number of benzene rings is 2. The van der Waals surface area contributed by atoms with Gasteiger partial charge in [0.15, 0.2) is 0 Å². The predicted molar refractivity (Wildman–Crippen MR) is 104 cm³/mol. The molecule has 1 saturated heterocycles. The summed E-state index contributed by atoms with van der Waals surface area (Å²) in [4.78, 5) is 25.3. The molecule has 1 heterocycles. The number of hydrogen-bond acceptors (Lipinski definition) is 5. The van der Waals surface area contributed by atoms with Crippen molar-refractivity contribution < 1.29 is 29.3 Å². The molecular formula is C21H23NO6. The number of nitrogens with zero attached hydrogens (tertiary/aromatic N) is 1. The molecule has 1 aliphatic rings. The zero-order valence-corrected chi connectivity index (χ0v) is 15.6. The molecule has 0 saturated carbocycles. The maximum atomic E-state index is 12.2. The second kappa shape index (κ2) is 8.31. The minimum atomic E-state index is -1.04. The van der Waals surface area contributed by atoms with Crippen LogP contribution >= 0.6 is 0 Å². The van der Waals surface area contributed by atoms with E-state index in [1.54, 1.807) is 36.4 Å². The Bertz CT molecular complexity index is 909. The predicted octanol–water partition coefficient (Wildman–Crippen LogP) is 3.37. The smallest absolute Gasteiger partial charge is 0.407 e. The van der Waals surface area contributed by atoms with E-state index in [9.17, 15) is 19.8 Å². The molecule has 2 N–H and O–H groups in total. The van der Waals surface area contributed by atoms with Gasteiger partial charge in [0.05, 0.1) is 24.8 Å². The van der Waals surface area contributed by atoms with Gasteiger partial charge in [-0.2, -0.15) is 0 Å². The Hall–Kier alpha value is -3.06. The van der Waals surface area contributed by atoms with Gasteiger partial charge in [0, 0.05) is 6.54 Å². The number of esters is 1. The fourth-order valence-electron chi connectivity index (χ4n) is 3.64. The summed E-state index contributed by atoms with van der Waals surface area (Å²) in [6.07, 6.45) is 0.683. The molecule has 148 valence electrons. The largest absolute Gasteiger partial charge is 0.490 e. The van der Waals surface area contributed by atoms with Crippen molar-refractivity contribution in [2.24, 2.45) is 0 Å². The fourth-order valence-corrected chi connectivity index (χ4v) is 3.64. The SMILES string of the molecule is C=CCOc1ccc2c(C(=O)OC)ccc([C@@H]3CC(O)CCN3C(=O)O)c2c1. The van der Waals surface area contributed by atoms with E-state index in [2.05, 4.69) is 6.58 Å². The van der Waals surface area contributed by atoms with Crippen molar-refractivity contribution in [2.75, 3.05) is 20.3 Å². The summed E-state index contributed by atoms with van der Waals surface area (Å²) in [6, 6.07) is 8.12. The Balaban J connectivity index is 2.18. The fraction of sp³-hybridized carbons (Fsp3) is 0.333. The summed E-state index contributed by atoms with van der Waals surface area (Å²) >= 11 is 0. The highest BCUT2D eigenvalue weighted by molar-refractivity contribution is 6.06. The van der Waals surface area contributed by atoms with E-state index in [4.69, 9.17) is 9.47 Å². The highest BCUT2D eigenvalue weighted by Crippen LogP contribution is 2.38. The van der Waals surface area contributed by atoms with Crippen molar-refractivity contribution >= 4 is 22.8 Å². The Labute approximate surface area is 162 Å². The number of fused-ring (bicyclic) bond motifs is 1. The topological polar surface area (TPSA) is 96.3 Å². The average molecular weight is 385 g/mol. The van der Waals surface area contributed by atoms with Crippen LogP contribution in [0.1, 0.15) is 34.8 Å². The van der Waals surface area contributed by atoms with Gasteiger partial charge in [0.1, 0.15) is 12.4 Å². The van der Waals surface area contributed by atoms with Crippen LogP contribution in [-0.4, -0.2) is 53.5 Å². The number of carboxylic acid groups (broad SMARTS) is 1. The molecule has 3 rings (SSSR count). The molecule has 1 amide bonds. The van der Waals surface area contributed by atoms with E-state index in [-0.39, 0.29) is 13.0 Å². The van der Waals surface area contributed by atoms with Gasteiger partial charge >= 0.3 is 12.1 Å². The van der Waals surface area contributed by atoms with Crippen LogP contribution in [0.3, 0.4) is 0 Å². The monoisotopic (exact) mass is 385 g/mol. The van der Waals surface area contributed by atoms with Crippen molar-refractivity contribution in [3.8, 4) is 5.75 Å². The molecule has 0 bridgehead atoms. The second-order valence-corrected chi connectivity index (χ2v) is 6.67. The third kappa shape index (κ3) is 3.80. The van der Waals surface area contributed by atoms with Gasteiger partial charge in [-0.05, 0) is 53.4 Å². The minimum Gasteiger partial charge on any atom is -0.490 e. The van der Waals surface area contributed by atoms with Crippen LogP contribution in [0, 0.1) is 0 Å². The molecule has 0 aliphatic carbocycles. The first kappa shape index (κ1) is 19.7. The number of piperidine rings is 1. The third-order valence-electron chi connectivity index (χ3n) is 4.97. The van der Waals surface area contributed by atoms with Crippen LogP contribution in [0.2, 0.25) is 0 Å². The van der Waals surface area contributed by atoms with E-state index in [0.717, 1.165) is 0 Å². The Morgan fingerprint density at radius 3 is 2.75 bits per heavy atom. The molecule has 7 heteroatoms. The lowest BCUT2D eigenvalue weighted by atomic mass is 9.88. The van der Waals surface area contributed by atoms with Crippen LogP contribution in [0.4, 0.5) is 4.79 Å². The molecule has 0 aromatic heterocycles. The number of methoxy groups -OCH3 is 1. The Morgan fingerprint density at radius 1 is 1.29 bits per heavy atom. The minimum absolute atomic E-state index is 0.244. The number of likely N-dealkylation sites (tertiary alicyclic amines) is 1. The lowest BCUT2D eigenvalue weighted by Gasteiger charge is -2.37. The molecule has 1 unspecified atom stereocenters. The Kier molecular flexibility index (Phi) is 5.84. The van der Waals surface area contributed by atoms with Crippen LogP contribution in [-0.2, 0) is 4.74 Å². The van der Waals surface area contributed by atoms with Gasteiger partial charge in [0.25, 0.3) is 0 Å². The van der Waals surface area contributed by atoms with Gasteiger partial charge in [-0.15, -0.1) is 0 Å². The molecular weight excluding hydrogens is 362 g/mol. The number of aliphatic hydroxyl groups is 1. The standard InChI is InChI=1S/C21H23NO6/c1-3-10-28-14-4-5-15-17(20(24)27-2)7-6-16(18(15)12-14)19-11-13(23)8-9-22(19)21(25)26/h3-7,12-13,19,23H,1,8-11H2,2H3,(H,25,26)/t13?,19-/m0/s1. The number of hydrogen-bond donors (Lipinski definition) is 2. The summed E-state index contributed by atoms with van der Waals surface area (Å²) in [7, 11) is 1.31. The number of carbonyl (C=O) groups is 2. The molecule has 0 spiro atoms. The summed E-state index contributed by atoms with van der Waals surface area (Å²) in [5.41, 5.74) is 1.10. The van der Waals surface area contributed by atoms with E-state index >= 15 is 0 Å². The van der Waals surface area contributed by atoms with Gasteiger partial charge in [0.2, 0.25) is 0 Å². The quantitative estimate of drug-likeness (QED) is 0.605. The first-order valence-electron chi connectivity index (χ1n) is 9.02. The summed E-state index contributed by atoms with van der Waals surface area (Å²) in [5.74, 6) is 0.101.